The summed E-state index contributed by atoms with van der Waals surface area (Å²) in [5.74, 6) is 0.925. The summed E-state index contributed by atoms with van der Waals surface area (Å²) < 4.78 is 0. The van der Waals surface area contributed by atoms with Crippen molar-refractivity contribution in [2.45, 2.75) is 13.3 Å². The highest BCUT2D eigenvalue weighted by Gasteiger charge is 2.09. The van der Waals surface area contributed by atoms with Gasteiger partial charge in [0.25, 0.3) is 0 Å². The van der Waals surface area contributed by atoms with E-state index < -0.39 is 0 Å². The van der Waals surface area contributed by atoms with E-state index in [1.807, 2.05) is 72.6 Å². The molecule has 0 saturated heterocycles. The molecule has 0 spiro atoms. The Morgan fingerprint density at radius 2 is 1.41 bits per heavy atom. The van der Waals surface area contributed by atoms with Gasteiger partial charge in [0.05, 0.1) is 22.4 Å². The van der Waals surface area contributed by atoms with Gasteiger partial charge in [-0.25, -0.2) is 9.99 Å². The van der Waals surface area contributed by atoms with Crippen molar-refractivity contribution in [2.75, 3.05) is 5.01 Å². The Labute approximate surface area is 165 Å². The van der Waals surface area contributed by atoms with E-state index in [1.54, 1.807) is 0 Å². The lowest BCUT2D eigenvalue weighted by atomic mass is 10.2. The first-order valence-electron chi connectivity index (χ1n) is 8.67. The number of nitrogens with one attached hydrogen (secondary N) is 1. The quantitative estimate of drug-likeness (QED) is 0.356. The summed E-state index contributed by atoms with van der Waals surface area (Å²) in [6.07, 6.45) is 0.671. The summed E-state index contributed by atoms with van der Waals surface area (Å²) in [7, 11) is 0. The Balaban J connectivity index is 0.00000210. The highest BCUT2D eigenvalue weighted by Crippen LogP contribution is 2.25. The van der Waals surface area contributed by atoms with Crippen molar-refractivity contribution >= 4 is 40.5 Å². The molecular weight excluding hydrogens is 356 g/mol. The molecule has 0 fully saturated rings. The van der Waals surface area contributed by atoms with Crippen molar-refractivity contribution in [1.29, 1.82) is 0 Å². The van der Waals surface area contributed by atoms with Crippen LogP contribution in [0.15, 0.2) is 90.0 Å². The largest absolute Gasteiger partial charge is 0.342 e. The molecule has 0 aliphatic rings. The Bertz CT molecular complexity index is 953. The van der Waals surface area contributed by atoms with Crippen molar-refractivity contribution in [3.05, 3.63) is 90.8 Å². The number of H-pyrrole nitrogens is 1. The number of hydrogen-bond donors (Lipinski definition) is 1. The van der Waals surface area contributed by atoms with E-state index in [-0.39, 0.29) is 12.4 Å². The zero-order valence-electron chi connectivity index (χ0n) is 15.0. The van der Waals surface area contributed by atoms with Crippen molar-refractivity contribution < 1.29 is 0 Å². The van der Waals surface area contributed by atoms with Crippen molar-refractivity contribution in [1.82, 2.24) is 9.97 Å². The number of aromatic nitrogens is 2. The summed E-state index contributed by atoms with van der Waals surface area (Å²) >= 11 is 0. The van der Waals surface area contributed by atoms with Crippen molar-refractivity contribution in [3.8, 4) is 0 Å². The monoisotopic (exact) mass is 376 g/mol. The Morgan fingerprint density at radius 1 is 0.852 bits per heavy atom. The van der Waals surface area contributed by atoms with Crippen molar-refractivity contribution in [2.24, 2.45) is 5.10 Å². The number of hydrazone groups is 1. The van der Waals surface area contributed by atoms with Crippen LogP contribution in [0.2, 0.25) is 0 Å². The number of hydrogen-bond acceptors (Lipinski definition) is 3. The van der Waals surface area contributed by atoms with Gasteiger partial charge in [0.1, 0.15) is 5.82 Å². The molecule has 0 amide bonds. The predicted molar refractivity (Wildman–Crippen MR) is 115 cm³/mol. The first-order valence-corrected chi connectivity index (χ1v) is 8.67. The van der Waals surface area contributed by atoms with E-state index in [0.717, 1.165) is 33.9 Å². The zero-order chi connectivity index (χ0) is 17.8. The minimum Gasteiger partial charge on any atom is -0.342 e. The number of halogens is 1. The van der Waals surface area contributed by atoms with Gasteiger partial charge in [0.2, 0.25) is 0 Å². The van der Waals surface area contributed by atoms with Gasteiger partial charge in [-0.2, -0.15) is 5.10 Å². The van der Waals surface area contributed by atoms with E-state index in [9.17, 15) is 0 Å². The molecule has 4 aromatic rings. The zero-order valence-corrected chi connectivity index (χ0v) is 15.9. The molecular formula is C22H21ClN4. The number of para-hydroxylation sites is 4. The van der Waals surface area contributed by atoms with Crippen LogP contribution in [0.1, 0.15) is 12.7 Å². The number of benzene rings is 3. The number of anilines is 2. The van der Waals surface area contributed by atoms with Gasteiger partial charge in [-0.15, -0.1) is 12.4 Å². The SMILES string of the molecule is C/C(Cc1nc2ccccc2[nH]1)=N\N(c1ccccc1)c1ccccc1.Cl. The minimum absolute atomic E-state index is 0. The van der Waals surface area contributed by atoms with Crippen LogP contribution in [0.5, 0.6) is 0 Å². The van der Waals surface area contributed by atoms with Gasteiger partial charge >= 0.3 is 0 Å². The minimum atomic E-state index is 0. The van der Waals surface area contributed by atoms with E-state index >= 15 is 0 Å². The predicted octanol–water partition coefficient (Wildman–Crippen LogP) is 5.74. The summed E-state index contributed by atoms with van der Waals surface area (Å²) in [5.41, 5.74) is 5.08. The van der Waals surface area contributed by atoms with Crippen LogP contribution in [-0.2, 0) is 6.42 Å². The molecule has 0 bridgehead atoms. The number of imidazole rings is 1. The molecule has 0 atom stereocenters. The molecule has 0 aliphatic carbocycles. The second kappa shape index (κ2) is 8.52. The van der Waals surface area contributed by atoms with Gasteiger partial charge in [-0.1, -0.05) is 48.5 Å². The second-order valence-electron chi connectivity index (χ2n) is 6.20. The van der Waals surface area contributed by atoms with E-state index in [4.69, 9.17) is 5.10 Å². The first kappa shape index (κ1) is 18.7. The molecule has 0 unspecified atom stereocenters. The molecule has 0 saturated carbocycles. The van der Waals surface area contributed by atoms with Gasteiger partial charge in [0.15, 0.2) is 0 Å². The number of aromatic amines is 1. The maximum absolute atomic E-state index is 4.87. The third-order valence-electron chi connectivity index (χ3n) is 4.13. The molecule has 27 heavy (non-hydrogen) atoms. The normalized spacial score (nSPS) is 11.2. The summed E-state index contributed by atoms with van der Waals surface area (Å²) in [6.45, 7) is 2.03. The average molecular weight is 377 g/mol. The van der Waals surface area contributed by atoms with Crippen LogP contribution in [-0.4, -0.2) is 15.7 Å². The fraction of sp³-hybridized carbons (Fsp3) is 0.0909. The molecule has 3 aromatic carbocycles. The Kier molecular flexibility index (Phi) is 5.89. The molecule has 1 heterocycles. The molecule has 5 heteroatoms. The van der Waals surface area contributed by atoms with Crippen LogP contribution in [0.3, 0.4) is 0 Å². The lowest BCUT2D eigenvalue weighted by Gasteiger charge is -2.20. The molecule has 0 aliphatic heterocycles. The van der Waals surface area contributed by atoms with Gasteiger partial charge in [-0.05, 0) is 43.3 Å². The van der Waals surface area contributed by atoms with E-state index in [0.29, 0.717) is 6.42 Å². The average Bonchev–Trinajstić information content (AvgIpc) is 3.09. The summed E-state index contributed by atoms with van der Waals surface area (Å²) in [6, 6.07) is 28.4. The molecule has 1 N–H and O–H groups in total. The Morgan fingerprint density at radius 3 is 2.00 bits per heavy atom. The van der Waals surface area contributed by atoms with Gasteiger partial charge < -0.3 is 4.98 Å². The smallest absolute Gasteiger partial charge is 0.112 e. The summed E-state index contributed by atoms with van der Waals surface area (Å²) in [5, 5.41) is 6.84. The highest BCUT2D eigenvalue weighted by molar-refractivity contribution is 5.86. The molecule has 1 aromatic heterocycles. The standard InChI is InChI=1S/C22H20N4.ClH/c1-17(16-22-23-20-14-8-9-15-21(20)24-22)25-26(18-10-4-2-5-11-18)19-12-6-3-7-13-19;/h2-15H,16H2,1H3,(H,23,24);1H/b25-17+;. The Hall–Kier alpha value is -3.11. The highest BCUT2D eigenvalue weighted by atomic mass is 35.5. The van der Waals surface area contributed by atoms with Crippen molar-refractivity contribution in [3.63, 3.8) is 0 Å². The molecule has 4 rings (SSSR count). The number of nitrogens with zero attached hydrogens (tertiary/aromatic N) is 3. The van der Waals surface area contributed by atoms with Crippen LogP contribution in [0.4, 0.5) is 11.4 Å². The third kappa shape index (κ3) is 4.36. The van der Waals surface area contributed by atoms with E-state index in [2.05, 4.69) is 34.2 Å². The fourth-order valence-electron chi connectivity index (χ4n) is 2.94. The molecule has 4 nitrogen and oxygen atoms in total. The van der Waals surface area contributed by atoms with Gasteiger partial charge in [-0.3, -0.25) is 0 Å². The third-order valence-corrected chi connectivity index (χ3v) is 4.13. The number of rotatable bonds is 5. The first-order chi connectivity index (χ1) is 12.8. The maximum Gasteiger partial charge on any atom is 0.112 e. The van der Waals surface area contributed by atoms with Crippen LogP contribution in [0, 0.1) is 0 Å². The second-order valence-corrected chi connectivity index (χ2v) is 6.20. The van der Waals surface area contributed by atoms with Crippen LogP contribution < -0.4 is 5.01 Å². The summed E-state index contributed by atoms with van der Waals surface area (Å²) in [4.78, 5) is 8.02. The molecule has 0 radical (unpaired) electrons. The fourth-order valence-corrected chi connectivity index (χ4v) is 2.94. The van der Waals surface area contributed by atoms with Crippen LogP contribution in [0.25, 0.3) is 11.0 Å². The van der Waals surface area contributed by atoms with Gasteiger partial charge in [0, 0.05) is 12.1 Å². The number of fused-ring (bicyclic) bond motifs is 1. The van der Waals surface area contributed by atoms with E-state index in [1.165, 1.54) is 0 Å². The lowest BCUT2D eigenvalue weighted by Crippen LogP contribution is -2.13. The topological polar surface area (TPSA) is 44.3 Å². The molecule has 136 valence electrons. The maximum atomic E-state index is 4.87. The lowest BCUT2D eigenvalue weighted by molar-refractivity contribution is 1.03. The van der Waals surface area contributed by atoms with Crippen LogP contribution >= 0.6 is 12.4 Å².